The average molecular weight is 449 g/mol. The Hall–Kier alpha value is -4.20. The zero-order chi connectivity index (χ0) is 23.5. The van der Waals surface area contributed by atoms with Gasteiger partial charge in [0.25, 0.3) is 11.7 Å². The lowest BCUT2D eigenvalue weighted by atomic mass is 9.95. The Kier molecular flexibility index (Phi) is 6.08. The van der Waals surface area contributed by atoms with E-state index in [4.69, 9.17) is 18.6 Å². The largest absolute Gasteiger partial charge is 0.507 e. The number of methoxy groups -OCH3 is 3. The SMILES string of the molecule is COc1ccc(C(O)=C2C(=O)C(=O)N(Cc3ccco3)[C@@H]2c2ccc(OC)c(OC)c2)cc1. The molecule has 8 nitrogen and oxygen atoms in total. The Morgan fingerprint density at radius 3 is 2.30 bits per heavy atom. The summed E-state index contributed by atoms with van der Waals surface area (Å²) in [5.74, 6) is 0.240. The number of benzene rings is 2. The Balaban J connectivity index is 1.87. The van der Waals surface area contributed by atoms with Gasteiger partial charge in [0.1, 0.15) is 17.3 Å². The maximum Gasteiger partial charge on any atom is 0.296 e. The molecule has 0 saturated carbocycles. The molecule has 2 aromatic carbocycles. The monoisotopic (exact) mass is 449 g/mol. The highest BCUT2D eigenvalue weighted by atomic mass is 16.5. The van der Waals surface area contributed by atoms with Crippen molar-refractivity contribution in [1.82, 2.24) is 4.90 Å². The van der Waals surface area contributed by atoms with Crippen molar-refractivity contribution in [1.29, 1.82) is 0 Å². The van der Waals surface area contributed by atoms with Crippen LogP contribution in [0.25, 0.3) is 5.76 Å². The summed E-state index contributed by atoms with van der Waals surface area (Å²) >= 11 is 0. The Morgan fingerprint density at radius 1 is 0.970 bits per heavy atom. The molecular weight excluding hydrogens is 426 g/mol. The van der Waals surface area contributed by atoms with Crippen molar-refractivity contribution in [3.8, 4) is 17.2 Å². The minimum atomic E-state index is -0.864. The van der Waals surface area contributed by atoms with E-state index in [1.807, 2.05) is 0 Å². The molecule has 1 aliphatic heterocycles. The van der Waals surface area contributed by atoms with Crippen molar-refractivity contribution < 1.29 is 33.3 Å². The standard InChI is InChI=1S/C25H23NO7/c1-30-17-9-6-15(7-10-17)23(27)21-22(16-8-11-19(31-2)20(13-16)32-3)26(25(29)24(21)28)14-18-5-4-12-33-18/h4-13,22,27H,14H2,1-3H3/t22-/m1/s1. The molecular formula is C25H23NO7. The van der Waals surface area contributed by atoms with Crippen LogP contribution in [0.2, 0.25) is 0 Å². The number of likely N-dealkylation sites (tertiary alicyclic amines) is 1. The molecule has 1 atom stereocenters. The van der Waals surface area contributed by atoms with Gasteiger partial charge in [-0.3, -0.25) is 9.59 Å². The number of aliphatic hydroxyl groups excluding tert-OH is 1. The number of hydrogen-bond donors (Lipinski definition) is 1. The molecule has 0 unspecified atom stereocenters. The van der Waals surface area contributed by atoms with Crippen LogP contribution in [-0.2, 0) is 16.1 Å². The van der Waals surface area contributed by atoms with Gasteiger partial charge in [-0.1, -0.05) is 6.07 Å². The summed E-state index contributed by atoms with van der Waals surface area (Å²) in [6, 6.07) is 14.2. The number of Topliss-reactive ketones (excluding diaryl/α,β-unsaturated/α-hetero) is 1. The average Bonchev–Trinajstić information content (AvgIpc) is 3.45. The fourth-order valence-electron chi connectivity index (χ4n) is 3.89. The highest BCUT2D eigenvalue weighted by molar-refractivity contribution is 6.46. The lowest BCUT2D eigenvalue weighted by Gasteiger charge is -2.25. The third kappa shape index (κ3) is 4.03. The van der Waals surface area contributed by atoms with Crippen molar-refractivity contribution in [2.24, 2.45) is 0 Å². The number of amides is 1. The number of ether oxygens (including phenoxy) is 3. The summed E-state index contributed by atoms with van der Waals surface area (Å²) in [7, 11) is 4.55. The van der Waals surface area contributed by atoms with Gasteiger partial charge in [0.05, 0.1) is 45.8 Å². The van der Waals surface area contributed by atoms with Gasteiger partial charge in [-0.15, -0.1) is 0 Å². The lowest BCUT2D eigenvalue weighted by Crippen LogP contribution is -2.29. The first-order valence-corrected chi connectivity index (χ1v) is 10.2. The summed E-state index contributed by atoms with van der Waals surface area (Å²) in [5, 5.41) is 11.1. The number of rotatable bonds is 7. The number of nitrogens with zero attached hydrogens (tertiary/aromatic N) is 1. The van der Waals surface area contributed by atoms with Crippen LogP contribution in [0.4, 0.5) is 0 Å². The molecule has 0 aliphatic carbocycles. The number of aliphatic hydroxyl groups is 1. The molecule has 0 bridgehead atoms. The molecule has 4 rings (SSSR count). The van der Waals surface area contributed by atoms with E-state index in [2.05, 4.69) is 0 Å². The van der Waals surface area contributed by atoms with Gasteiger partial charge in [0.15, 0.2) is 11.5 Å². The van der Waals surface area contributed by atoms with Gasteiger partial charge in [-0.25, -0.2) is 0 Å². The lowest BCUT2D eigenvalue weighted by molar-refractivity contribution is -0.140. The topological polar surface area (TPSA) is 98.4 Å². The third-order valence-corrected chi connectivity index (χ3v) is 5.53. The Bertz CT molecular complexity index is 1200. The predicted molar refractivity (Wildman–Crippen MR) is 119 cm³/mol. The van der Waals surface area contributed by atoms with Crippen molar-refractivity contribution in [3.05, 3.63) is 83.3 Å². The van der Waals surface area contributed by atoms with E-state index < -0.39 is 17.7 Å². The van der Waals surface area contributed by atoms with E-state index in [1.165, 1.54) is 32.5 Å². The third-order valence-electron chi connectivity index (χ3n) is 5.53. The van der Waals surface area contributed by atoms with Gasteiger partial charge in [-0.05, 0) is 54.1 Å². The van der Waals surface area contributed by atoms with Crippen molar-refractivity contribution in [2.45, 2.75) is 12.6 Å². The predicted octanol–water partition coefficient (Wildman–Crippen LogP) is 3.93. The number of ketones is 1. The quantitative estimate of drug-likeness (QED) is 0.332. The molecule has 8 heteroatoms. The first kappa shape index (κ1) is 22.0. The number of carbonyl (C=O) groups is 2. The van der Waals surface area contributed by atoms with Crippen molar-refractivity contribution >= 4 is 17.4 Å². The minimum absolute atomic E-state index is 0.0241. The first-order chi connectivity index (χ1) is 16.0. The smallest absolute Gasteiger partial charge is 0.296 e. The summed E-state index contributed by atoms with van der Waals surface area (Å²) in [6.45, 7) is 0.0516. The number of hydrogen-bond acceptors (Lipinski definition) is 7. The molecule has 2 heterocycles. The van der Waals surface area contributed by atoms with Crippen LogP contribution < -0.4 is 14.2 Å². The molecule has 1 fully saturated rings. The van der Waals surface area contributed by atoms with Gasteiger partial charge < -0.3 is 28.6 Å². The van der Waals surface area contributed by atoms with Crippen LogP contribution >= 0.6 is 0 Å². The summed E-state index contributed by atoms with van der Waals surface area (Å²) in [4.78, 5) is 27.5. The van der Waals surface area contributed by atoms with Crippen molar-refractivity contribution in [3.63, 3.8) is 0 Å². The Morgan fingerprint density at radius 2 is 1.70 bits per heavy atom. The van der Waals surface area contributed by atoms with E-state index in [0.29, 0.717) is 34.1 Å². The highest BCUT2D eigenvalue weighted by Gasteiger charge is 2.46. The second-order valence-electron chi connectivity index (χ2n) is 7.35. The van der Waals surface area contributed by atoms with Crippen molar-refractivity contribution in [2.75, 3.05) is 21.3 Å². The van der Waals surface area contributed by atoms with Gasteiger partial charge in [0.2, 0.25) is 0 Å². The van der Waals surface area contributed by atoms with Gasteiger partial charge in [0, 0.05) is 5.56 Å². The number of furan rings is 1. The molecule has 33 heavy (non-hydrogen) atoms. The Labute approximate surface area is 190 Å². The first-order valence-electron chi connectivity index (χ1n) is 10.2. The summed E-state index contributed by atoms with van der Waals surface area (Å²) < 4.78 is 21.3. The molecule has 3 aromatic rings. The van der Waals surface area contributed by atoms with E-state index in [9.17, 15) is 14.7 Å². The molecule has 1 amide bonds. The molecule has 1 aliphatic rings. The van der Waals surface area contributed by atoms with Crippen LogP contribution in [0.15, 0.2) is 70.9 Å². The van der Waals surface area contributed by atoms with E-state index in [-0.39, 0.29) is 17.9 Å². The molecule has 0 radical (unpaired) electrons. The maximum atomic E-state index is 13.1. The zero-order valence-electron chi connectivity index (χ0n) is 18.4. The molecule has 1 aromatic heterocycles. The second kappa shape index (κ2) is 9.12. The fraction of sp³-hybridized carbons (Fsp3) is 0.200. The minimum Gasteiger partial charge on any atom is -0.507 e. The van der Waals surface area contributed by atoms with Gasteiger partial charge in [-0.2, -0.15) is 0 Å². The van der Waals surface area contributed by atoms with Crippen LogP contribution in [-0.4, -0.2) is 43.0 Å². The van der Waals surface area contributed by atoms with Crippen LogP contribution in [0.3, 0.4) is 0 Å². The van der Waals surface area contributed by atoms with Gasteiger partial charge >= 0.3 is 0 Å². The molecule has 1 N–H and O–H groups in total. The second-order valence-corrected chi connectivity index (χ2v) is 7.35. The van der Waals surface area contributed by atoms with Crippen LogP contribution in [0, 0.1) is 0 Å². The molecule has 170 valence electrons. The van der Waals surface area contributed by atoms with E-state index in [0.717, 1.165) is 0 Å². The normalized spacial score (nSPS) is 17.3. The molecule has 0 spiro atoms. The fourth-order valence-corrected chi connectivity index (χ4v) is 3.89. The maximum absolute atomic E-state index is 13.1. The van der Waals surface area contributed by atoms with E-state index in [1.54, 1.807) is 54.6 Å². The zero-order valence-corrected chi connectivity index (χ0v) is 18.4. The van der Waals surface area contributed by atoms with E-state index >= 15 is 0 Å². The molecule has 1 saturated heterocycles. The summed E-state index contributed by atoms with van der Waals surface area (Å²) in [6.07, 6.45) is 1.49. The van der Waals surface area contributed by atoms with Crippen LogP contribution in [0.5, 0.6) is 17.2 Å². The highest BCUT2D eigenvalue weighted by Crippen LogP contribution is 2.42. The number of carbonyl (C=O) groups excluding carboxylic acids is 2. The van der Waals surface area contributed by atoms with Crippen LogP contribution in [0.1, 0.15) is 22.9 Å². The summed E-state index contributed by atoms with van der Waals surface area (Å²) in [5.41, 5.74) is 0.940.